The van der Waals surface area contributed by atoms with Gasteiger partial charge in [0.2, 0.25) is 23.4 Å². The summed E-state index contributed by atoms with van der Waals surface area (Å²) in [4.78, 5) is 35.9. The van der Waals surface area contributed by atoms with E-state index in [1.165, 1.54) is 12.8 Å². The number of carbonyl (C=O) groups excluding carboxylic acids is 2. The molecule has 2 amide bonds. The smallest absolute Gasteiger partial charge is 0.243 e. The lowest BCUT2D eigenvalue weighted by Gasteiger charge is -2.44. The summed E-state index contributed by atoms with van der Waals surface area (Å²) >= 11 is 6.08. The number of halogens is 2. The summed E-state index contributed by atoms with van der Waals surface area (Å²) in [5.41, 5.74) is 5.00. The second kappa shape index (κ2) is 12.1. The summed E-state index contributed by atoms with van der Waals surface area (Å²) in [6.45, 7) is 3.83. The van der Waals surface area contributed by atoms with E-state index in [0.29, 0.717) is 43.7 Å². The molecule has 13 heteroatoms. The molecule has 3 aliphatic rings. The van der Waals surface area contributed by atoms with Gasteiger partial charge in [0, 0.05) is 26.2 Å². The number of hydrazine groups is 1. The van der Waals surface area contributed by atoms with Gasteiger partial charge in [-0.3, -0.25) is 30.5 Å². The van der Waals surface area contributed by atoms with E-state index in [0.717, 1.165) is 32.4 Å². The van der Waals surface area contributed by atoms with Gasteiger partial charge in [0.1, 0.15) is 0 Å². The average Bonchev–Trinajstić information content (AvgIpc) is 3.39. The summed E-state index contributed by atoms with van der Waals surface area (Å²) < 4.78 is 20.9. The molecule has 0 spiro atoms. The maximum absolute atomic E-state index is 15.4. The summed E-state index contributed by atoms with van der Waals surface area (Å²) in [5.74, 6) is -1.52. The number of anilines is 2. The minimum atomic E-state index is -0.723. The third-order valence-electron chi connectivity index (χ3n) is 7.15. The Hall–Kier alpha value is -2.28. The van der Waals surface area contributed by atoms with E-state index in [4.69, 9.17) is 16.3 Å². The van der Waals surface area contributed by atoms with Crippen LogP contribution in [-0.4, -0.2) is 89.4 Å². The molecule has 2 saturated heterocycles. The van der Waals surface area contributed by atoms with E-state index in [1.807, 2.05) is 4.90 Å². The molecule has 0 bridgehead atoms. The van der Waals surface area contributed by atoms with Crippen molar-refractivity contribution in [1.82, 2.24) is 25.4 Å². The number of carbonyl (C=O) groups is 2. The molecule has 3 fully saturated rings. The van der Waals surface area contributed by atoms with E-state index in [-0.39, 0.29) is 35.9 Å². The van der Waals surface area contributed by atoms with Gasteiger partial charge in [0.25, 0.3) is 0 Å². The van der Waals surface area contributed by atoms with Crippen molar-refractivity contribution < 1.29 is 23.9 Å². The predicted molar refractivity (Wildman–Crippen MR) is 126 cm³/mol. The molecule has 1 aromatic heterocycles. The van der Waals surface area contributed by atoms with Gasteiger partial charge in [-0.1, -0.05) is 25.7 Å². The summed E-state index contributed by atoms with van der Waals surface area (Å²) in [6, 6.07) is 0.140. The number of aromatic nitrogens is 2. The molecular formula is C22H33ClFN7O4. The Morgan fingerprint density at radius 2 is 2.11 bits per heavy atom. The molecule has 11 nitrogen and oxygen atoms in total. The van der Waals surface area contributed by atoms with Crippen LogP contribution in [0.3, 0.4) is 0 Å². The van der Waals surface area contributed by atoms with Crippen LogP contribution in [0.1, 0.15) is 38.5 Å². The molecule has 35 heavy (non-hydrogen) atoms. The van der Waals surface area contributed by atoms with Crippen LogP contribution in [0.4, 0.5) is 16.0 Å². The molecule has 2 aliphatic heterocycles. The Kier molecular flexibility index (Phi) is 8.93. The number of amides is 2. The summed E-state index contributed by atoms with van der Waals surface area (Å²) in [5, 5.41) is 9.95. The van der Waals surface area contributed by atoms with Gasteiger partial charge in [-0.15, -0.1) is 0 Å². The average molecular weight is 514 g/mol. The van der Waals surface area contributed by atoms with Crippen molar-refractivity contribution >= 4 is 35.6 Å². The molecule has 0 radical (unpaired) electrons. The van der Waals surface area contributed by atoms with Crippen LogP contribution in [0.25, 0.3) is 0 Å². The Bertz CT molecular complexity index is 892. The zero-order valence-corrected chi connectivity index (χ0v) is 20.4. The third kappa shape index (κ3) is 6.69. The lowest BCUT2D eigenvalue weighted by atomic mass is 9.94. The standard InChI is InChI=1S/C22H33ClFN7O4/c23-22-25-19(18(24)20(26-22)30-8-7-29-9-10-35-13-17(29)12-30)27-28-21(33)16(11-31(34)14-32)6-5-15-3-1-2-4-15/h14-17,34H,1-13H2,(H,28,33)(H,25,26,27)/t16-,17-/m1/s1. The quantitative estimate of drug-likeness (QED) is 0.185. The van der Waals surface area contributed by atoms with Crippen molar-refractivity contribution in [2.45, 2.75) is 44.6 Å². The number of nitrogens with one attached hydrogen (secondary N) is 2. The molecule has 194 valence electrons. The number of piperazine rings is 1. The Balaban J connectivity index is 1.40. The number of rotatable bonds is 10. The van der Waals surface area contributed by atoms with Crippen LogP contribution < -0.4 is 15.8 Å². The van der Waals surface area contributed by atoms with Gasteiger partial charge < -0.3 is 9.64 Å². The van der Waals surface area contributed by atoms with E-state index in [9.17, 15) is 14.8 Å². The van der Waals surface area contributed by atoms with E-state index < -0.39 is 17.6 Å². The van der Waals surface area contributed by atoms with Crippen LogP contribution in [-0.2, 0) is 14.3 Å². The van der Waals surface area contributed by atoms with E-state index in [1.54, 1.807) is 0 Å². The number of nitrogens with zero attached hydrogens (tertiary/aromatic N) is 5. The van der Waals surface area contributed by atoms with E-state index in [2.05, 4.69) is 25.7 Å². The van der Waals surface area contributed by atoms with Crippen LogP contribution >= 0.6 is 11.6 Å². The fourth-order valence-electron chi connectivity index (χ4n) is 5.17. The minimum absolute atomic E-state index is 0.0623. The first-order valence-corrected chi connectivity index (χ1v) is 12.6. The molecule has 1 aromatic rings. The Morgan fingerprint density at radius 3 is 2.89 bits per heavy atom. The summed E-state index contributed by atoms with van der Waals surface area (Å²) in [7, 11) is 0. The van der Waals surface area contributed by atoms with Gasteiger partial charge in [0.05, 0.1) is 31.7 Å². The summed E-state index contributed by atoms with van der Waals surface area (Å²) in [6.07, 6.45) is 6.19. The highest BCUT2D eigenvalue weighted by Crippen LogP contribution is 2.30. The zero-order valence-electron chi connectivity index (χ0n) is 19.7. The highest BCUT2D eigenvalue weighted by atomic mass is 35.5. The normalized spacial score (nSPS) is 21.9. The molecule has 1 saturated carbocycles. The van der Waals surface area contributed by atoms with Gasteiger partial charge in [0.15, 0.2) is 11.6 Å². The van der Waals surface area contributed by atoms with Crippen LogP contribution in [0.5, 0.6) is 0 Å². The van der Waals surface area contributed by atoms with Crippen molar-refractivity contribution in [2.24, 2.45) is 11.8 Å². The van der Waals surface area contributed by atoms with Crippen LogP contribution in [0.2, 0.25) is 5.28 Å². The lowest BCUT2D eigenvalue weighted by molar-refractivity contribution is -0.154. The van der Waals surface area contributed by atoms with Gasteiger partial charge in [-0.25, -0.2) is 5.06 Å². The van der Waals surface area contributed by atoms with E-state index >= 15 is 4.39 Å². The molecule has 3 heterocycles. The molecule has 3 N–H and O–H groups in total. The largest absolute Gasteiger partial charge is 0.378 e. The van der Waals surface area contributed by atoms with Gasteiger partial charge in [-0.2, -0.15) is 14.4 Å². The highest BCUT2D eigenvalue weighted by Gasteiger charge is 2.32. The topological polar surface area (TPSA) is 123 Å². The molecule has 0 unspecified atom stereocenters. The SMILES string of the molecule is O=CN(O)C[C@@H](CCC1CCCC1)C(=O)NNc1nc(Cl)nc(N2CCN3CCOC[C@H]3C2)c1F. The van der Waals surface area contributed by atoms with Crippen molar-refractivity contribution in [3.63, 3.8) is 0 Å². The predicted octanol–water partition coefficient (Wildman–Crippen LogP) is 1.67. The fourth-order valence-corrected chi connectivity index (χ4v) is 5.34. The van der Waals surface area contributed by atoms with Crippen molar-refractivity contribution in [3.05, 3.63) is 11.1 Å². The molecule has 1 aliphatic carbocycles. The van der Waals surface area contributed by atoms with Crippen molar-refractivity contribution in [1.29, 1.82) is 0 Å². The maximum atomic E-state index is 15.4. The number of morpholine rings is 1. The number of hydrogen-bond acceptors (Lipinski definition) is 9. The Morgan fingerprint density at radius 1 is 1.31 bits per heavy atom. The highest BCUT2D eigenvalue weighted by molar-refractivity contribution is 6.28. The zero-order chi connectivity index (χ0) is 24.8. The third-order valence-corrected chi connectivity index (χ3v) is 7.31. The first-order chi connectivity index (χ1) is 16.9. The molecule has 4 rings (SSSR count). The Labute approximate surface area is 208 Å². The second-order valence-electron chi connectivity index (χ2n) is 9.46. The fraction of sp³-hybridized carbons (Fsp3) is 0.727. The molecule has 2 atom stereocenters. The number of ether oxygens (including phenoxy) is 1. The number of fused-ring (bicyclic) bond motifs is 1. The van der Waals surface area contributed by atoms with Crippen LogP contribution in [0, 0.1) is 17.7 Å². The van der Waals surface area contributed by atoms with Crippen molar-refractivity contribution in [3.8, 4) is 0 Å². The second-order valence-corrected chi connectivity index (χ2v) is 9.79. The number of hydroxylamine groups is 2. The molecular weight excluding hydrogens is 481 g/mol. The number of hydrogen-bond donors (Lipinski definition) is 3. The maximum Gasteiger partial charge on any atom is 0.243 e. The monoisotopic (exact) mass is 513 g/mol. The first kappa shape index (κ1) is 25.8. The molecule has 0 aromatic carbocycles. The van der Waals surface area contributed by atoms with Gasteiger partial charge in [-0.05, 0) is 30.4 Å². The minimum Gasteiger partial charge on any atom is -0.378 e. The lowest BCUT2D eigenvalue weighted by Crippen LogP contribution is -2.58. The van der Waals surface area contributed by atoms with Crippen LogP contribution in [0.15, 0.2) is 0 Å². The van der Waals surface area contributed by atoms with Crippen molar-refractivity contribution in [2.75, 3.05) is 56.3 Å². The first-order valence-electron chi connectivity index (χ1n) is 12.2. The van der Waals surface area contributed by atoms with Gasteiger partial charge >= 0.3 is 0 Å².